The van der Waals surface area contributed by atoms with Crippen LogP contribution >= 0.6 is 23.2 Å². The molecule has 0 bridgehead atoms. The number of alkyl halides is 1. The van der Waals surface area contributed by atoms with Gasteiger partial charge in [-0.05, 0) is 0 Å². The number of hydrogen-bond donors (Lipinski definition) is 0. The van der Waals surface area contributed by atoms with Crippen LogP contribution in [0.4, 0.5) is 0 Å². The molecule has 0 saturated carbocycles. The summed E-state index contributed by atoms with van der Waals surface area (Å²) in [6, 6.07) is 33.4. The Hall–Kier alpha value is -1.43. The van der Waals surface area contributed by atoms with Gasteiger partial charge in [0.25, 0.3) is 0 Å². The standard InChI is InChI=1S/C23H26BrP/c1-3-19(2)23(24)25(20-13-7-4-8-14-20,21-15-9-5-10-16-21)22-17-11-6-12-18-22/h4-19,23,25H,3H2,1-2H3. The van der Waals surface area contributed by atoms with Crippen LogP contribution in [-0.2, 0) is 0 Å². The Morgan fingerprint density at radius 2 is 1.00 bits per heavy atom. The minimum absolute atomic E-state index is 0.428. The van der Waals surface area contributed by atoms with Crippen molar-refractivity contribution in [1.29, 1.82) is 0 Å². The summed E-state index contributed by atoms with van der Waals surface area (Å²) in [6.45, 7) is 4.66. The molecule has 0 amide bonds. The first-order valence-electron chi connectivity index (χ1n) is 9.01. The van der Waals surface area contributed by atoms with Gasteiger partial charge in [-0.25, -0.2) is 0 Å². The van der Waals surface area contributed by atoms with Crippen LogP contribution in [0.15, 0.2) is 91.0 Å². The van der Waals surface area contributed by atoms with Crippen molar-refractivity contribution in [3.05, 3.63) is 91.0 Å². The zero-order valence-corrected chi connectivity index (χ0v) is 17.5. The second-order valence-electron chi connectivity index (χ2n) is 6.69. The van der Waals surface area contributed by atoms with Crippen molar-refractivity contribution in [3.63, 3.8) is 0 Å². The monoisotopic (exact) mass is 412 g/mol. The molecule has 0 aliphatic rings. The Bertz CT molecular complexity index is 674. The SMILES string of the molecule is CCC(C)C(Br)[PH](c1ccccc1)(c1ccccc1)c1ccccc1. The van der Waals surface area contributed by atoms with Gasteiger partial charge in [0.2, 0.25) is 0 Å². The molecule has 2 unspecified atom stereocenters. The molecule has 0 saturated heterocycles. The molecule has 3 rings (SSSR count). The fourth-order valence-corrected chi connectivity index (χ4v) is 11.7. The maximum absolute atomic E-state index is 4.20. The summed E-state index contributed by atoms with van der Waals surface area (Å²) in [4.78, 5) is 0. The molecule has 130 valence electrons. The van der Waals surface area contributed by atoms with Gasteiger partial charge in [-0.2, -0.15) is 0 Å². The minimum atomic E-state index is -2.19. The van der Waals surface area contributed by atoms with Crippen molar-refractivity contribution in [2.45, 2.75) is 24.8 Å². The maximum atomic E-state index is 4.20. The van der Waals surface area contributed by atoms with E-state index in [0.717, 1.165) is 6.42 Å². The molecule has 0 spiro atoms. The molecule has 0 heterocycles. The predicted octanol–water partition coefficient (Wildman–Crippen LogP) is 5.48. The molecule has 3 aromatic carbocycles. The van der Waals surface area contributed by atoms with Crippen molar-refractivity contribution in [2.75, 3.05) is 0 Å². The Balaban J connectivity index is 2.36. The average Bonchev–Trinajstić information content (AvgIpc) is 2.70. The van der Waals surface area contributed by atoms with Gasteiger partial charge in [0.15, 0.2) is 0 Å². The van der Waals surface area contributed by atoms with E-state index in [1.807, 2.05) is 0 Å². The van der Waals surface area contributed by atoms with Crippen molar-refractivity contribution in [3.8, 4) is 0 Å². The molecule has 0 aromatic heterocycles. The molecule has 0 N–H and O–H groups in total. The first-order valence-corrected chi connectivity index (χ1v) is 12.0. The van der Waals surface area contributed by atoms with Crippen LogP contribution in [0.1, 0.15) is 20.3 Å². The molecule has 0 aliphatic carbocycles. The van der Waals surface area contributed by atoms with Crippen LogP contribution in [0.2, 0.25) is 0 Å². The van der Waals surface area contributed by atoms with Crippen LogP contribution in [0, 0.1) is 5.92 Å². The van der Waals surface area contributed by atoms with Gasteiger partial charge in [-0.1, -0.05) is 0 Å². The van der Waals surface area contributed by atoms with Crippen molar-refractivity contribution in [1.82, 2.24) is 0 Å². The summed E-state index contributed by atoms with van der Waals surface area (Å²) in [7, 11) is -2.19. The topological polar surface area (TPSA) is 0 Å². The molecule has 0 aliphatic heterocycles. The van der Waals surface area contributed by atoms with Crippen molar-refractivity contribution in [2.24, 2.45) is 5.92 Å². The third-order valence-corrected chi connectivity index (χ3v) is 13.3. The molecule has 0 radical (unpaired) electrons. The van der Waals surface area contributed by atoms with Crippen molar-refractivity contribution < 1.29 is 0 Å². The van der Waals surface area contributed by atoms with Gasteiger partial charge in [-0.15, -0.1) is 0 Å². The van der Waals surface area contributed by atoms with Crippen molar-refractivity contribution >= 4 is 39.1 Å². The summed E-state index contributed by atoms with van der Waals surface area (Å²) < 4.78 is 0.428. The van der Waals surface area contributed by atoms with Gasteiger partial charge < -0.3 is 0 Å². The van der Waals surface area contributed by atoms with E-state index in [1.54, 1.807) is 0 Å². The first-order chi connectivity index (χ1) is 12.2. The van der Waals surface area contributed by atoms with Gasteiger partial charge >= 0.3 is 161 Å². The molecular formula is C23H26BrP. The summed E-state index contributed by atoms with van der Waals surface area (Å²) >= 11 is 4.20. The van der Waals surface area contributed by atoms with Crippen LogP contribution < -0.4 is 15.9 Å². The van der Waals surface area contributed by atoms with Gasteiger partial charge in [0.05, 0.1) is 0 Å². The third-order valence-electron chi connectivity index (χ3n) is 5.24. The Morgan fingerprint density at radius 3 is 1.28 bits per heavy atom. The second-order valence-corrected chi connectivity index (χ2v) is 12.5. The Kier molecular flexibility index (Phi) is 6.10. The predicted molar refractivity (Wildman–Crippen MR) is 119 cm³/mol. The fraction of sp³-hybridized carbons (Fsp3) is 0.217. The van der Waals surface area contributed by atoms with E-state index in [2.05, 4.69) is 121 Å². The fourth-order valence-electron chi connectivity index (χ4n) is 3.71. The number of benzene rings is 3. The van der Waals surface area contributed by atoms with E-state index in [4.69, 9.17) is 0 Å². The van der Waals surface area contributed by atoms with E-state index in [9.17, 15) is 0 Å². The van der Waals surface area contributed by atoms with E-state index in [-0.39, 0.29) is 0 Å². The third kappa shape index (κ3) is 3.46. The quantitative estimate of drug-likeness (QED) is 0.371. The van der Waals surface area contributed by atoms with E-state index < -0.39 is 7.26 Å². The summed E-state index contributed by atoms with van der Waals surface area (Å²) in [5.74, 6) is 0.590. The zero-order chi connectivity index (χ0) is 17.7. The molecular weight excluding hydrogens is 387 g/mol. The number of hydrogen-bond acceptors (Lipinski definition) is 0. The average molecular weight is 413 g/mol. The van der Waals surface area contributed by atoms with E-state index >= 15 is 0 Å². The molecule has 3 aromatic rings. The zero-order valence-electron chi connectivity index (χ0n) is 14.9. The van der Waals surface area contributed by atoms with E-state index in [1.165, 1.54) is 15.9 Å². The van der Waals surface area contributed by atoms with Gasteiger partial charge in [0, 0.05) is 0 Å². The summed E-state index contributed by atoms with van der Waals surface area (Å²) in [6.07, 6.45) is 1.16. The molecule has 2 atom stereocenters. The summed E-state index contributed by atoms with van der Waals surface area (Å²) in [5, 5.41) is 4.40. The Labute approximate surface area is 160 Å². The first kappa shape index (κ1) is 18.4. The molecule has 25 heavy (non-hydrogen) atoms. The van der Waals surface area contributed by atoms with E-state index in [0.29, 0.717) is 10.5 Å². The normalized spacial score (nSPS) is 14.7. The van der Waals surface area contributed by atoms with Gasteiger partial charge in [0.1, 0.15) is 0 Å². The van der Waals surface area contributed by atoms with Crippen LogP contribution in [-0.4, -0.2) is 4.57 Å². The molecule has 0 fully saturated rings. The summed E-state index contributed by atoms with van der Waals surface area (Å²) in [5.41, 5.74) is 0. The van der Waals surface area contributed by atoms with Gasteiger partial charge in [-0.3, -0.25) is 0 Å². The second kappa shape index (κ2) is 8.30. The molecule has 0 nitrogen and oxygen atoms in total. The van der Waals surface area contributed by atoms with Crippen LogP contribution in [0.3, 0.4) is 0 Å². The molecule has 2 heteroatoms. The Morgan fingerprint density at radius 1 is 0.680 bits per heavy atom. The van der Waals surface area contributed by atoms with Crippen LogP contribution in [0.5, 0.6) is 0 Å². The number of halogens is 1. The number of rotatable bonds is 6. The van der Waals surface area contributed by atoms with Crippen LogP contribution in [0.25, 0.3) is 0 Å².